The molecular formula is C17H22O7. The number of ether oxygens (including phenoxy) is 2. The Bertz CT molecular complexity index is 673. The third kappa shape index (κ3) is 2.94. The number of rotatable bonds is 3. The number of aryl methyl sites for hydroxylation is 1. The van der Waals surface area contributed by atoms with Crippen molar-refractivity contribution in [2.24, 2.45) is 0 Å². The Labute approximate surface area is 139 Å². The Morgan fingerprint density at radius 3 is 2.62 bits per heavy atom. The lowest BCUT2D eigenvalue weighted by Gasteiger charge is -2.39. The molecule has 1 aliphatic carbocycles. The van der Waals surface area contributed by atoms with E-state index in [1.165, 1.54) is 0 Å². The van der Waals surface area contributed by atoms with Gasteiger partial charge in [-0.1, -0.05) is 6.07 Å². The summed E-state index contributed by atoms with van der Waals surface area (Å²) in [6.45, 7) is 1.19. The van der Waals surface area contributed by atoms with Crippen molar-refractivity contribution in [3.8, 4) is 5.75 Å². The van der Waals surface area contributed by atoms with Gasteiger partial charge in [0.1, 0.15) is 24.4 Å². The van der Waals surface area contributed by atoms with Crippen molar-refractivity contribution in [2.45, 2.75) is 56.9 Å². The molecule has 0 saturated carbocycles. The fraction of sp³-hybridized carbons (Fsp3) is 0.588. The van der Waals surface area contributed by atoms with Crippen molar-refractivity contribution >= 4 is 0 Å². The summed E-state index contributed by atoms with van der Waals surface area (Å²) in [7, 11) is 0. The molecule has 1 aromatic carbocycles. The molecule has 1 fully saturated rings. The molecule has 2 aliphatic rings. The monoisotopic (exact) mass is 338 g/mol. The second-order valence-corrected chi connectivity index (χ2v) is 6.32. The van der Waals surface area contributed by atoms with Crippen molar-refractivity contribution in [2.75, 3.05) is 6.61 Å². The van der Waals surface area contributed by atoms with Gasteiger partial charge in [-0.2, -0.15) is 0 Å². The number of aliphatic hydroxyl groups is 4. The summed E-state index contributed by atoms with van der Waals surface area (Å²) in [5.41, 5.74) is 2.44. The van der Waals surface area contributed by atoms with E-state index in [1.807, 2.05) is 6.07 Å². The number of aliphatic hydroxyl groups excluding tert-OH is 4. The lowest BCUT2D eigenvalue weighted by atomic mass is 9.99. The first kappa shape index (κ1) is 17.3. The van der Waals surface area contributed by atoms with Gasteiger partial charge in [-0.3, -0.25) is 4.79 Å². The third-order valence-electron chi connectivity index (χ3n) is 4.81. The minimum atomic E-state index is -1.54. The van der Waals surface area contributed by atoms with E-state index in [1.54, 1.807) is 13.0 Å². The maximum atomic E-state index is 12.6. The molecule has 7 nitrogen and oxygen atoms in total. The fourth-order valence-corrected chi connectivity index (χ4v) is 3.34. The number of hydrogen-bond donors (Lipinski definition) is 4. The van der Waals surface area contributed by atoms with Crippen molar-refractivity contribution in [1.29, 1.82) is 0 Å². The molecule has 0 radical (unpaired) electrons. The minimum absolute atomic E-state index is 0.00577. The van der Waals surface area contributed by atoms with Gasteiger partial charge < -0.3 is 29.9 Å². The molecule has 1 saturated heterocycles. The standard InChI is InChI=1S/C17H22O7/c1-8-10-4-2-3-9(10)5-6-11(13(8)19)23-17-16(22)15(21)14(20)12(7-18)24-17/h5-6,12,14-18,20-22H,2-4,7H2,1H3. The zero-order valence-electron chi connectivity index (χ0n) is 13.4. The summed E-state index contributed by atoms with van der Waals surface area (Å²) in [5, 5.41) is 38.8. The van der Waals surface area contributed by atoms with Crippen LogP contribution in [0.25, 0.3) is 0 Å². The van der Waals surface area contributed by atoms with Gasteiger partial charge in [0.2, 0.25) is 11.7 Å². The molecule has 5 unspecified atom stereocenters. The second-order valence-electron chi connectivity index (χ2n) is 6.32. The summed E-state index contributed by atoms with van der Waals surface area (Å²) in [6, 6.07) is 3.37. The number of hydrogen-bond acceptors (Lipinski definition) is 7. The molecule has 1 aliphatic heterocycles. The molecule has 1 heterocycles. The number of fused-ring (bicyclic) bond motifs is 1. The van der Waals surface area contributed by atoms with Crippen LogP contribution in [0, 0.1) is 6.92 Å². The van der Waals surface area contributed by atoms with Crippen molar-refractivity contribution < 1.29 is 29.9 Å². The molecule has 0 bridgehead atoms. The predicted molar refractivity (Wildman–Crippen MR) is 83.9 cm³/mol. The average molecular weight is 338 g/mol. The van der Waals surface area contributed by atoms with Crippen LogP contribution in [0.2, 0.25) is 0 Å². The van der Waals surface area contributed by atoms with Crippen LogP contribution >= 0.6 is 0 Å². The van der Waals surface area contributed by atoms with Gasteiger partial charge in [-0.25, -0.2) is 0 Å². The van der Waals surface area contributed by atoms with Gasteiger partial charge in [-0.15, -0.1) is 0 Å². The summed E-state index contributed by atoms with van der Waals surface area (Å²) in [5.74, 6) is 0.00577. The Morgan fingerprint density at radius 2 is 1.92 bits per heavy atom. The Hall–Kier alpha value is -1.51. The lowest BCUT2D eigenvalue weighted by molar-refractivity contribution is -0.277. The summed E-state index contributed by atoms with van der Waals surface area (Å²) >= 11 is 0. The highest BCUT2D eigenvalue weighted by atomic mass is 16.7. The van der Waals surface area contributed by atoms with Crippen molar-refractivity contribution in [3.63, 3.8) is 0 Å². The highest BCUT2D eigenvalue weighted by Gasteiger charge is 2.44. The van der Waals surface area contributed by atoms with Crippen LogP contribution in [0.3, 0.4) is 0 Å². The zero-order chi connectivity index (χ0) is 17.4. The topological polar surface area (TPSA) is 116 Å². The predicted octanol–water partition coefficient (Wildman–Crippen LogP) is -0.977. The maximum absolute atomic E-state index is 12.6. The van der Waals surface area contributed by atoms with Crippen LogP contribution in [0.15, 0.2) is 16.9 Å². The SMILES string of the molecule is Cc1c2c(ccc(OC3OC(CO)C(O)C(O)C3O)c1=O)CCC2. The highest BCUT2D eigenvalue weighted by molar-refractivity contribution is 5.41. The molecule has 4 N–H and O–H groups in total. The maximum Gasteiger partial charge on any atom is 0.229 e. The molecule has 7 heteroatoms. The first-order chi connectivity index (χ1) is 11.4. The molecule has 0 aromatic heterocycles. The van der Waals surface area contributed by atoms with Crippen molar-refractivity contribution in [1.82, 2.24) is 0 Å². The molecule has 1 aromatic rings. The van der Waals surface area contributed by atoms with Crippen molar-refractivity contribution in [3.05, 3.63) is 39.0 Å². The first-order valence-electron chi connectivity index (χ1n) is 8.07. The van der Waals surface area contributed by atoms with Gasteiger partial charge in [-0.05, 0) is 43.4 Å². The quantitative estimate of drug-likeness (QED) is 0.560. The fourth-order valence-electron chi connectivity index (χ4n) is 3.34. The molecular weight excluding hydrogens is 316 g/mol. The van der Waals surface area contributed by atoms with E-state index < -0.39 is 37.3 Å². The Kier molecular flexibility index (Phi) is 4.89. The van der Waals surface area contributed by atoms with E-state index in [9.17, 15) is 25.2 Å². The second kappa shape index (κ2) is 6.78. The van der Waals surface area contributed by atoms with Crippen LogP contribution < -0.4 is 10.2 Å². The van der Waals surface area contributed by atoms with Crippen LogP contribution in [-0.4, -0.2) is 57.7 Å². The summed E-state index contributed by atoms with van der Waals surface area (Å²) < 4.78 is 10.8. The Morgan fingerprint density at radius 1 is 1.17 bits per heavy atom. The molecule has 132 valence electrons. The van der Waals surface area contributed by atoms with Gasteiger partial charge in [0.25, 0.3) is 0 Å². The van der Waals surface area contributed by atoms with E-state index in [0.717, 1.165) is 30.4 Å². The normalized spacial score (nSPS) is 32.5. The summed E-state index contributed by atoms with van der Waals surface area (Å²) in [4.78, 5) is 12.6. The average Bonchev–Trinajstić information content (AvgIpc) is 3.01. The van der Waals surface area contributed by atoms with E-state index in [4.69, 9.17) is 9.47 Å². The van der Waals surface area contributed by atoms with E-state index in [0.29, 0.717) is 5.56 Å². The molecule has 0 spiro atoms. The highest BCUT2D eigenvalue weighted by Crippen LogP contribution is 2.26. The lowest BCUT2D eigenvalue weighted by Crippen LogP contribution is -2.60. The van der Waals surface area contributed by atoms with E-state index >= 15 is 0 Å². The zero-order valence-corrected chi connectivity index (χ0v) is 13.4. The summed E-state index contributed by atoms with van der Waals surface area (Å²) in [6.07, 6.45) is -4.21. The van der Waals surface area contributed by atoms with Gasteiger partial charge in [0.15, 0.2) is 5.75 Å². The molecule has 0 amide bonds. The van der Waals surface area contributed by atoms with Crippen LogP contribution in [0.4, 0.5) is 0 Å². The Balaban J connectivity index is 1.90. The molecule has 24 heavy (non-hydrogen) atoms. The van der Waals surface area contributed by atoms with E-state index in [-0.39, 0.29) is 11.2 Å². The van der Waals surface area contributed by atoms with Gasteiger partial charge in [0, 0.05) is 5.56 Å². The third-order valence-corrected chi connectivity index (χ3v) is 4.81. The van der Waals surface area contributed by atoms with Crippen LogP contribution in [-0.2, 0) is 17.6 Å². The van der Waals surface area contributed by atoms with Crippen LogP contribution in [0.1, 0.15) is 23.1 Å². The molecule has 5 atom stereocenters. The van der Waals surface area contributed by atoms with Crippen LogP contribution in [0.5, 0.6) is 5.75 Å². The van der Waals surface area contributed by atoms with E-state index in [2.05, 4.69) is 0 Å². The smallest absolute Gasteiger partial charge is 0.229 e. The van der Waals surface area contributed by atoms with Gasteiger partial charge >= 0.3 is 0 Å². The largest absolute Gasteiger partial charge is 0.458 e. The first-order valence-corrected chi connectivity index (χ1v) is 8.07. The minimum Gasteiger partial charge on any atom is -0.458 e. The molecule has 3 rings (SSSR count). The van der Waals surface area contributed by atoms with Gasteiger partial charge in [0.05, 0.1) is 6.61 Å².